The fourth-order valence-electron chi connectivity index (χ4n) is 2.30. The number of anilines is 1. The van der Waals surface area contributed by atoms with E-state index in [1.54, 1.807) is 36.4 Å². The SMILES string of the molecule is COc1cc2c(cc1/C=C(\C#N)C(=O)Nc1cccc(Cl)c1)OCO2. The van der Waals surface area contributed by atoms with Crippen molar-refractivity contribution in [2.24, 2.45) is 0 Å². The lowest BCUT2D eigenvalue weighted by Crippen LogP contribution is -2.13. The zero-order valence-electron chi connectivity index (χ0n) is 13.2. The number of hydrogen-bond acceptors (Lipinski definition) is 5. The number of benzene rings is 2. The summed E-state index contributed by atoms with van der Waals surface area (Å²) in [6, 6.07) is 11.9. The molecule has 0 bridgehead atoms. The molecule has 0 saturated carbocycles. The summed E-state index contributed by atoms with van der Waals surface area (Å²) in [5, 5.41) is 12.5. The van der Waals surface area contributed by atoms with Crippen molar-refractivity contribution in [3.63, 3.8) is 0 Å². The quantitative estimate of drug-likeness (QED) is 0.668. The topological polar surface area (TPSA) is 80.6 Å². The molecule has 7 heteroatoms. The first-order chi connectivity index (χ1) is 12.1. The van der Waals surface area contributed by atoms with Crippen molar-refractivity contribution in [1.29, 1.82) is 5.26 Å². The number of nitrogens with one attached hydrogen (secondary N) is 1. The molecule has 1 amide bonds. The first-order valence-corrected chi connectivity index (χ1v) is 7.65. The molecule has 126 valence electrons. The highest BCUT2D eigenvalue weighted by Crippen LogP contribution is 2.38. The van der Waals surface area contributed by atoms with Crippen LogP contribution in [0.3, 0.4) is 0 Å². The second-order valence-electron chi connectivity index (χ2n) is 5.08. The van der Waals surface area contributed by atoms with Gasteiger partial charge in [-0.15, -0.1) is 0 Å². The average molecular weight is 357 g/mol. The number of amides is 1. The van der Waals surface area contributed by atoms with Gasteiger partial charge in [-0.05, 0) is 30.3 Å². The minimum atomic E-state index is -0.551. The maximum atomic E-state index is 12.4. The molecule has 1 N–H and O–H groups in total. The molecule has 2 aromatic carbocycles. The van der Waals surface area contributed by atoms with Crippen LogP contribution in [0, 0.1) is 11.3 Å². The molecule has 2 aromatic rings. The van der Waals surface area contributed by atoms with Gasteiger partial charge in [0.2, 0.25) is 6.79 Å². The van der Waals surface area contributed by atoms with Crippen LogP contribution in [0.15, 0.2) is 42.0 Å². The number of methoxy groups -OCH3 is 1. The number of carbonyl (C=O) groups is 1. The Morgan fingerprint density at radius 1 is 1.32 bits per heavy atom. The number of nitrogens with zero attached hydrogens (tertiary/aromatic N) is 1. The first-order valence-electron chi connectivity index (χ1n) is 7.27. The monoisotopic (exact) mass is 356 g/mol. The molecule has 0 aromatic heterocycles. The molecular formula is C18H13ClN2O4. The summed E-state index contributed by atoms with van der Waals surface area (Å²) in [4.78, 5) is 12.4. The van der Waals surface area contributed by atoms with Crippen molar-refractivity contribution in [2.45, 2.75) is 0 Å². The number of halogens is 1. The minimum Gasteiger partial charge on any atom is -0.496 e. The molecule has 25 heavy (non-hydrogen) atoms. The smallest absolute Gasteiger partial charge is 0.266 e. The van der Waals surface area contributed by atoms with Gasteiger partial charge in [0.05, 0.1) is 7.11 Å². The molecule has 0 aliphatic carbocycles. The molecule has 0 radical (unpaired) electrons. The highest BCUT2D eigenvalue weighted by Gasteiger charge is 2.18. The van der Waals surface area contributed by atoms with Gasteiger partial charge < -0.3 is 19.5 Å². The summed E-state index contributed by atoms with van der Waals surface area (Å²) < 4.78 is 15.9. The zero-order chi connectivity index (χ0) is 17.8. The lowest BCUT2D eigenvalue weighted by atomic mass is 10.1. The maximum Gasteiger partial charge on any atom is 0.266 e. The van der Waals surface area contributed by atoms with E-state index >= 15 is 0 Å². The summed E-state index contributed by atoms with van der Waals surface area (Å²) >= 11 is 5.89. The van der Waals surface area contributed by atoms with E-state index in [-0.39, 0.29) is 12.4 Å². The Kier molecular flexibility index (Phi) is 4.78. The van der Waals surface area contributed by atoms with Gasteiger partial charge in [-0.1, -0.05) is 17.7 Å². The third-order valence-electron chi connectivity index (χ3n) is 3.47. The van der Waals surface area contributed by atoms with Crippen LogP contribution in [0.5, 0.6) is 17.2 Å². The third-order valence-corrected chi connectivity index (χ3v) is 3.71. The van der Waals surface area contributed by atoms with E-state index in [2.05, 4.69) is 5.32 Å². The number of nitriles is 1. The average Bonchev–Trinajstić information content (AvgIpc) is 3.05. The number of fused-ring (bicyclic) bond motifs is 1. The normalized spacial score (nSPS) is 12.4. The Labute approximate surface area is 149 Å². The minimum absolute atomic E-state index is 0.0860. The van der Waals surface area contributed by atoms with Crippen molar-refractivity contribution in [3.05, 3.63) is 52.6 Å². The fraction of sp³-hybridized carbons (Fsp3) is 0.111. The van der Waals surface area contributed by atoms with Crippen LogP contribution in [0.1, 0.15) is 5.56 Å². The lowest BCUT2D eigenvalue weighted by Gasteiger charge is -2.08. The van der Waals surface area contributed by atoms with E-state index < -0.39 is 5.91 Å². The Balaban J connectivity index is 1.90. The number of ether oxygens (including phenoxy) is 3. The van der Waals surface area contributed by atoms with Gasteiger partial charge in [0, 0.05) is 22.3 Å². The van der Waals surface area contributed by atoms with Crippen molar-refractivity contribution < 1.29 is 19.0 Å². The predicted octanol–water partition coefficient (Wildman–Crippen LogP) is 3.62. The van der Waals surface area contributed by atoms with E-state index in [0.717, 1.165) is 0 Å². The molecule has 3 rings (SSSR count). The molecule has 1 aliphatic rings. The lowest BCUT2D eigenvalue weighted by molar-refractivity contribution is -0.112. The van der Waals surface area contributed by atoms with Gasteiger partial charge in [-0.25, -0.2) is 0 Å². The molecule has 0 unspecified atom stereocenters. The summed E-state index contributed by atoms with van der Waals surface area (Å²) in [5.41, 5.74) is 0.943. The molecule has 1 heterocycles. The van der Waals surface area contributed by atoms with Crippen LogP contribution in [0.2, 0.25) is 5.02 Å². The Morgan fingerprint density at radius 2 is 2.08 bits per heavy atom. The number of hydrogen-bond donors (Lipinski definition) is 1. The molecule has 0 atom stereocenters. The Morgan fingerprint density at radius 3 is 2.76 bits per heavy atom. The zero-order valence-corrected chi connectivity index (χ0v) is 14.0. The van der Waals surface area contributed by atoms with E-state index in [9.17, 15) is 10.1 Å². The summed E-state index contributed by atoms with van der Waals surface area (Å²) in [7, 11) is 1.49. The van der Waals surface area contributed by atoms with Gasteiger partial charge in [0.1, 0.15) is 17.4 Å². The third kappa shape index (κ3) is 3.67. The first kappa shape index (κ1) is 16.7. The van der Waals surface area contributed by atoms with Crippen molar-refractivity contribution in [2.75, 3.05) is 19.2 Å². The fourth-order valence-corrected chi connectivity index (χ4v) is 2.49. The van der Waals surface area contributed by atoms with Crippen molar-refractivity contribution >= 4 is 29.3 Å². The van der Waals surface area contributed by atoms with Crippen molar-refractivity contribution in [3.8, 4) is 23.3 Å². The second kappa shape index (κ2) is 7.16. The molecule has 6 nitrogen and oxygen atoms in total. The summed E-state index contributed by atoms with van der Waals surface area (Å²) in [5.74, 6) is 0.993. The van der Waals surface area contributed by atoms with E-state index in [1.807, 2.05) is 6.07 Å². The van der Waals surface area contributed by atoms with Crippen LogP contribution in [0.25, 0.3) is 6.08 Å². The van der Waals surface area contributed by atoms with Gasteiger partial charge in [0.25, 0.3) is 5.91 Å². The standard InChI is InChI=1S/C18H13ClN2O4/c1-23-15-8-17-16(24-10-25-17)6-11(15)5-12(9-20)18(22)21-14-4-2-3-13(19)7-14/h2-8H,10H2,1H3,(H,21,22)/b12-5+. The molecule has 0 spiro atoms. The van der Waals surface area contributed by atoms with Gasteiger partial charge in [0.15, 0.2) is 11.5 Å². The van der Waals surface area contributed by atoms with E-state index in [1.165, 1.54) is 13.2 Å². The molecule has 0 fully saturated rings. The van der Waals surface area contributed by atoms with Crippen LogP contribution in [-0.4, -0.2) is 19.8 Å². The summed E-state index contributed by atoms with van der Waals surface area (Å²) in [6.07, 6.45) is 1.43. The number of rotatable bonds is 4. The van der Waals surface area contributed by atoms with Crippen LogP contribution < -0.4 is 19.5 Å². The molecule has 0 saturated heterocycles. The highest BCUT2D eigenvalue weighted by molar-refractivity contribution is 6.31. The number of carbonyl (C=O) groups excluding carboxylic acids is 1. The predicted molar refractivity (Wildman–Crippen MR) is 92.8 cm³/mol. The van der Waals surface area contributed by atoms with E-state index in [4.69, 9.17) is 25.8 Å². The van der Waals surface area contributed by atoms with Gasteiger partial charge in [-0.3, -0.25) is 4.79 Å². The second-order valence-corrected chi connectivity index (χ2v) is 5.52. The van der Waals surface area contributed by atoms with E-state index in [0.29, 0.717) is 33.5 Å². The molecule has 1 aliphatic heterocycles. The summed E-state index contributed by atoms with van der Waals surface area (Å²) in [6.45, 7) is 0.117. The van der Waals surface area contributed by atoms with Crippen LogP contribution in [0.4, 0.5) is 5.69 Å². The van der Waals surface area contributed by atoms with Gasteiger partial charge >= 0.3 is 0 Å². The largest absolute Gasteiger partial charge is 0.496 e. The van der Waals surface area contributed by atoms with Crippen LogP contribution in [-0.2, 0) is 4.79 Å². The Hall–Kier alpha value is -3.17. The Bertz CT molecular complexity index is 902. The maximum absolute atomic E-state index is 12.4. The highest BCUT2D eigenvalue weighted by atomic mass is 35.5. The van der Waals surface area contributed by atoms with Gasteiger partial charge in [-0.2, -0.15) is 5.26 Å². The molecular weight excluding hydrogens is 344 g/mol. The van der Waals surface area contributed by atoms with Crippen LogP contribution >= 0.6 is 11.6 Å². The van der Waals surface area contributed by atoms with Crippen molar-refractivity contribution in [1.82, 2.24) is 0 Å².